The van der Waals surface area contributed by atoms with Gasteiger partial charge in [0.1, 0.15) is 5.71 Å². The van der Waals surface area contributed by atoms with Crippen LogP contribution in [-0.4, -0.2) is 38.9 Å². The van der Waals surface area contributed by atoms with Crippen LogP contribution in [0.25, 0.3) is 6.08 Å². The number of alkyl halides is 1. The first-order valence-corrected chi connectivity index (χ1v) is 6.54. The molecule has 0 radical (unpaired) electrons. The monoisotopic (exact) mass is 311 g/mol. The van der Waals surface area contributed by atoms with E-state index in [-0.39, 0.29) is 5.88 Å². The van der Waals surface area contributed by atoms with Crippen molar-refractivity contribution < 1.29 is 23.8 Å². The van der Waals surface area contributed by atoms with Gasteiger partial charge in [-0.25, -0.2) is 4.79 Å². The van der Waals surface area contributed by atoms with Crippen LogP contribution in [0, 0.1) is 0 Å². The summed E-state index contributed by atoms with van der Waals surface area (Å²) in [5, 5.41) is 3.61. The molecular formula is C14H14ClNO5. The average molecular weight is 312 g/mol. The van der Waals surface area contributed by atoms with Crippen LogP contribution in [0.2, 0.25) is 0 Å². The quantitative estimate of drug-likeness (QED) is 0.474. The molecule has 0 aliphatic carbocycles. The number of hydrogen-bond donors (Lipinski definition) is 0. The van der Waals surface area contributed by atoms with Crippen molar-refractivity contribution >= 4 is 29.4 Å². The van der Waals surface area contributed by atoms with Gasteiger partial charge in [0.2, 0.25) is 5.75 Å². The highest BCUT2D eigenvalue weighted by atomic mass is 35.5. The molecule has 1 aromatic carbocycles. The van der Waals surface area contributed by atoms with E-state index in [4.69, 9.17) is 25.8 Å². The molecule has 0 spiro atoms. The molecule has 0 N–H and O–H groups in total. The number of nitrogens with zero attached hydrogens (tertiary/aromatic N) is 1. The van der Waals surface area contributed by atoms with Gasteiger partial charge in [0.05, 0.1) is 32.8 Å². The van der Waals surface area contributed by atoms with Gasteiger partial charge in [-0.3, -0.25) is 0 Å². The summed E-state index contributed by atoms with van der Waals surface area (Å²) in [7, 11) is 4.55. The van der Waals surface area contributed by atoms with Gasteiger partial charge >= 0.3 is 5.97 Å². The minimum absolute atomic E-state index is 0.0853. The van der Waals surface area contributed by atoms with Crippen LogP contribution in [0.1, 0.15) is 5.56 Å². The lowest BCUT2D eigenvalue weighted by Gasteiger charge is -2.13. The Bertz CT molecular complexity index is 599. The van der Waals surface area contributed by atoms with Crippen LogP contribution >= 0.6 is 11.6 Å². The van der Waals surface area contributed by atoms with Crippen molar-refractivity contribution in [3.8, 4) is 17.2 Å². The van der Waals surface area contributed by atoms with Gasteiger partial charge in [-0.1, -0.05) is 5.16 Å². The van der Waals surface area contributed by atoms with Crippen molar-refractivity contribution in [2.45, 2.75) is 0 Å². The molecule has 112 valence electrons. The fraction of sp³-hybridized carbons (Fsp3) is 0.286. The first kappa shape index (κ1) is 15.2. The summed E-state index contributed by atoms with van der Waals surface area (Å²) in [6.45, 7) is 0. The van der Waals surface area contributed by atoms with Crippen LogP contribution in [0.15, 0.2) is 22.9 Å². The largest absolute Gasteiger partial charge is 0.493 e. The van der Waals surface area contributed by atoms with Gasteiger partial charge in [0.15, 0.2) is 11.5 Å². The maximum atomic E-state index is 11.6. The third-order valence-corrected chi connectivity index (χ3v) is 3.15. The van der Waals surface area contributed by atoms with Gasteiger partial charge < -0.3 is 19.0 Å². The van der Waals surface area contributed by atoms with Crippen molar-refractivity contribution in [1.82, 2.24) is 0 Å². The zero-order valence-corrected chi connectivity index (χ0v) is 12.6. The standard InChI is InChI=1S/C14H14ClNO5/c1-18-11-5-8(6-12(19-2)13(11)20-3)4-9-10(7-15)16-21-14(9)17/h4-6H,7H2,1-3H3/b9-4+. The number of carbonyl (C=O) groups excluding carboxylic acids is 1. The fourth-order valence-electron chi connectivity index (χ4n) is 1.90. The molecule has 21 heavy (non-hydrogen) atoms. The summed E-state index contributed by atoms with van der Waals surface area (Å²) in [5.41, 5.74) is 1.37. The molecule has 0 amide bonds. The van der Waals surface area contributed by atoms with Gasteiger partial charge in [-0.15, -0.1) is 11.6 Å². The third kappa shape index (κ3) is 2.95. The van der Waals surface area contributed by atoms with Gasteiger partial charge in [-0.05, 0) is 23.8 Å². The van der Waals surface area contributed by atoms with Crippen molar-refractivity contribution in [1.29, 1.82) is 0 Å². The smallest absolute Gasteiger partial charge is 0.367 e. The highest BCUT2D eigenvalue weighted by Crippen LogP contribution is 2.38. The normalized spacial score (nSPS) is 15.7. The second-order valence-electron chi connectivity index (χ2n) is 4.07. The van der Waals surface area contributed by atoms with E-state index < -0.39 is 5.97 Å². The van der Waals surface area contributed by atoms with Gasteiger partial charge in [-0.2, -0.15) is 0 Å². The summed E-state index contributed by atoms with van der Waals surface area (Å²) in [4.78, 5) is 16.2. The molecule has 1 aliphatic heterocycles. The fourth-order valence-corrected chi connectivity index (χ4v) is 2.10. The molecule has 0 unspecified atom stereocenters. The topological polar surface area (TPSA) is 66.4 Å². The highest BCUT2D eigenvalue weighted by molar-refractivity contribution is 6.38. The van der Waals surface area contributed by atoms with Crippen LogP contribution in [0.5, 0.6) is 17.2 Å². The van der Waals surface area contributed by atoms with Crippen molar-refractivity contribution in [3.63, 3.8) is 0 Å². The summed E-state index contributed by atoms with van der Waals surface area (Å²) in [6, 6.07) is 3.43. The molecule has 0 atom stereocenters. The molecule has 1 heterocycles. The van der Waals surface area contributed by atoms with E-state index in [1.165, 1.54) is 21.3 Å². The lowest BCUT2D eigenvalue weighted by molar-refractivity contribution is -0.136. The van der Waals surface area contributed by atoms with E-state index >= 15 is 0 Å². The minimum atomic E-state index is -0.542. The Morgan fingerprint density at radius 3 is 2.29 bits per heavy atom. The Labute approximate surface area is 126 Å². The van der Waals surface area contributed by atoms with Gasteiger partial charge in [0, 0.05) is 0 Å². The lowest BCUT2D eigenvalue weighted by Crippen LogP contribution is -2.06. The van der Waals surface area contributed by atoms with Crippen LogP contribution in [0.4, 0.5) is 0 Å². The molecule has 1 aromatic rings. The zero-order chi connectivity index (χ0) is 15.4. The highest BCUT2D eigenvalue weighted by Gasteiger charge is 2.25. The summed E-state index contributed by atoms with van der Waals surface area (Å²) < 4.78 is 15.8. The van der Waals surface area contributed by atoms with E-state index in [0.717, 1.165) is 0 Å². The lowest BCUT2D eigenvalue weighted by atomic mass is 10.1. The number of oxime groups is 1. The molecule has 6 nitrogen and oxygen atoms in total. The average Bonchev–Trinajstić information content (AvgIpc) is 2.86. The predicted molar refractivity (Wildman–Crippen MR) is 78.3 cm³/mol. The van der Waals surface area contributed by atoms with Crippen LogP contribution < -0.4 is 14.2 Å². The Hall–Kier alpha value is -2.21. The Morgan fingerprint density at radius 1 is 1.19 bits per heavy atom. The maximum absolute atomic E-state index is 11.6. The SMILES string of the molecule is COc1cc(/C=C2/C(=O)ON=C2CCl)cc(OC)c1OC. The Morgan fingerprint density at radius 2 is 1.81 bits per heavy atom. The van der Waals surface area contributed by atoms with E-state index in [9.17, 15) is 4.79 Å². The molecule has 7 heteroatoms. The molecule has 0 aromatic heterocycles. The second kappa shape index (κ2) is 6.49. The van der Waals surface area contributed by atoms with Crippen LogP contribution in [0.3, 0.4) is 0 Å². The minimum Gasteiger partial charge on any atom is -0.493 e. The number of halogens is 1. The summed E-state index contributed by atoms with van der Waals surface area (Å²) in [5.74, 6) is 0.989. The van der Waals surface area contributed by atoms with Crippen LogP contribution in [-0.2, 0) is 9.63 Å². The van der Waals surface area contributed by atoms with E-state index in [1.807, 2.05) is 0 Å². The summed E-state index contributed by atoms with van der Waals surface area (Å²) >= 11 is 5.73. The number of hydrogen-bond acceptors (Lipinski definition) is 6. The first-order valence-electron chi connectivity index (χ1n) is 6.00. The van der Waals surface area contributed by atoms with Gasteiger partial charge in [0.25, 0.3) is 0 Å². The Balaban J connectivity index is 2.50. The number of methoxy groups -OCH3 is 3. The second-order valence-corrected chi connectivity index (χ2v) is 4.33. The molecular weight excluding hydrogens is 298 g/mol. The number of ether oxygens (including phenoxy) is 3. The van der Waals surface area contributed by atoms with Crippen molar-refractivity contribution in [3.05, 3.63) is 23.3 Å². The van der Waals surface area contributed by atoms with Crippen molar-refractivity contribution in [2.24, 2.45) is 5.16 Å². The number of rotatable bonds is 5. The number of carbonyl (C=O) groups is 1. The maximum Gasteiger partial charge on any atom is 0.367 e. The molecule has 1 aliphatic rings. The Kier molecular flexibility index (Phi) is 4.70. The number of benzene rings is 1. The predicted octanol–water partition coefficient (Wildman–Crippen LogP) is 2.25. The third-order valence-electron chi connectivity index (χ3n) is 2.89. The molecule has 0 saturated heterocycles. The zero-order valence-electron chi connectivity index (χ0n) is 11.8. The summed E-state index contributed by atoms with van der Waals surface area (Å²) in [6.07, 6.45) is 1.61. The first-order chi connectivity index (χ1) is 10.1. The molecule has 0 saturated carbocycles. The molecule has 2 rings (SSSR count). The van der Waals surface area contributed by atoms with E-state index in [1.54, 1.807) is 18.2 Å². The van der Waals surface area contributed by atoms with E-state index in [2.05, 4.69) is 9.99 Å². The van der Waals surface area contributed by atoms with Crippen molar-refractivity contribution in [2.75, 3.05) is 27.2 Å². The molecule has 0 bridgehead atoms. The molecule has 0 fully saturated rings. The van der Waals surface area contributed by atoms with E-state index in [0.29, 0.717) is 34.1 Å².